The molecular weight excluding hydrogens is 490 g/mol. The molecule has 0 amide bonds. The van der Waals surface area contributed by atoms with Crippen molar-refractivity contribution in [2.24, 2.45) is 0 Å². The van der Waals surface area contributed by atoms with Crippen molar-refractivity contribution in [1.82, 2.24) is 14.9 Å². The number of aryl methyl sites for hydroxylation is 1. The summed E-state index contributed by atoms with van der Waals surface area (Å²) in [6.07, 6.45) is 1.41. The summed E-state index contributed by atoms with van der Waals surface area (Å²) in [7, 11) is -3.28. The third-order valence-electron chi connectivity index (χ3n) is 7.24. The standard InChI is InChI=1S/C28H31N3O5S/c1-18-14-24-26-23(19-4-2-5-22(15-19)37(33,34)21-8-9-21)6-3-7-25(26)29-27(24)30-28(18)36-17-20-16-31(10-12-32)11-13-35-20/h2-7,14-15,20-21,32H,8-13,16-17H2,1H3,(H,29,30). The molecule has 1 atom stereocenters. The molecule has 8 nitrogen and oxygen atoms in total. The van der Waals surface area contributed by atoms with Crippen molar-refractivity contribution in [1.29, 1.82) is 0 Å². The molecule has 1 saturated carbocycles. The molecule has 3 heterocycles. The number of ether oxygens (including phenoxy) is 2. The van der Waals surface area contributed by atoms with E-state index in [1.807, 2.05) is 37.3 Å². The van der Waals surface area contributed by atoms with Gasteiger partial charge in [-0.1, -0.05) is 24.3 Å². The number of fused-ring (bicyclic) bond motifs is 3. The molecule has 2 fully saturated rings. The van der Waals surface area contributed by atoms with E-state index in [1.54, 1.807) is 12.1 Å². The van der Waals surface area contributed by atoms with E-state index >= 15 is 0 Å². The summed E-state index contributed by atoms with van der Waals surface area (Å²) in [6, 6.07) is 15.3. The number of aromatic amines is 1. The molecular formula is C28H31N3O5S. The molecule has 9 heteroatoms. The predicted octanol–water partition coefficient (Wildman–Crippen LogP) is 3.70. The van der Waals surface area contributed by atoms with Crippen molar-refractivity contribution < 1.29 is 23.0 Å². The summed E-state index contributed by atoms with van der Waals surface area (Å²) < 4.78 is 37.7. The Kier molecular flexibility index (Phi) is 6.40. The van der Waals surface area contributed by atoms with Crippen molar-refractivity contribution in [3.05, 3.63) is 54.1 Å². The van der Waals surface area contributed by atoms with E-state index in [0.717, 1.165) is 58.0 Å². The molecule has 2 aromatic heterocycles. The Morgan fingerprint density at radius 2 is 2.03 bits per heavy atom. The molecule has 2 N–H and O–H groups in total. The van der Waals surface area contributed by atoms with Crippen LogP contribution in [0.1, 0.15) is 18.4 Å². The number of pyridine rings is 1. The SMILES string of the molecule is Cc1cc2c(nc1OCC1CN(CCO)CCO1)[nH]c1cccc(-c3cccc(S(=O)(=O)C4CC4)c3)c12. The van der Waals surface area contributed by atoms with Gasteiger partial charge in [-0.05, 0) is 55.2 Å². The minimum atomic E-state index is -3.28. The predicted molar refractivity (Wildman–Crippen MR) is 143 cm³/mol. The topological polar surface area (TPSA) is 105 Å². The number of morpholine rings is 1. The first-order valence-electron chi connectivity index (χ1n) is 12.8. The van der Waals surface area contributed by atoms with Crippen LogP contribution in [0.2, 0.25) is 0 Å². The van der Waals surface area contributed by atoms with Gasteiger partial charge in [0, 0.05) is 41.5 Å². The second-order valence-corrected chi connectivity index (χ2v) is 12.2. The first-order valence-corrected chi connectivity index (χ1v) is 14.3. The Morgan fingerprint density at radius 1 is 1.19 bits per heavy atom. The lowest BCUT2D eigenvalue weighted by Crippen LogP contribution is -2.45. The van der Waals surface area contributed by atoms with Gasteiger partial charge in [0.15, 0.2) is 9.84 Å². The van der Waals surface area contributed by atoms with E-state index in [0.29, 0.717) is 37.1 Å². The van der Waals surface area contributed by atoms with Crippen LogP contribution in [0, 0.1) is 6.92 Å². The van der Waals surface area contributed by atoms with E-state index in [1.165, 1.54) is 0 Å². The number of nitrogens with one attached hydrogen (secondary N) is 1. The third kappa shape index (κ3) is 4.72. The molecule has 2 aromatic carbocycles. The van der Waals surface area contributed by atoms with Gasteiger partial charge in [0.25, 0.3) is 0 Å². The number of H-pyrrole nitrogens is 1. The van der Waals surface area contributed by atoms with Crippen molar-refractivity contribution in [2.75, 3.05) is 39.5 Å². The number of benzene rings is 2. The fourth-order valence-electron chi connectivity index (χ4n) is 5.15. The number of β-amino-alcohol motifs (C(OH)–C–C–N with tert-alkyl or cyclic N) is 1. The highest BCUT2D eigenvalue weighted by Gasteiger charge is 2.37. The fourth-order valence-corrected chi connectivity index (χ4v) is 6.85. The van der Waals surface area contributed by atoms with Gasteiger partial charge in [-0.2, -0.15) is 4.98 Å². The minimum absolute atomic E-state index is 0.0780. The van der Waals surface area contributed by atoms with Crippen LogP contribution >= 0.6 is 0 Å². The number of nitrogens with zero attached hydrogens (tertiary/aromatic N) is 2. The van der Waals surface area contributed by atoms with E-state index in [2.05, 4.69) is 16.0 Å². The largest absolute Gasteiger partial charge is 0.475 e. The fraction of sp³-hybridized carbons (Fsp3) is 0.393. The Labute approximate surface area is 216 Å². The highest BCUT2D eigenvalue weighted by atomic mass is 32.2. The summed E-state index contributed by atoms with van der Waals surface area (Å²) in [5.74, 6) is 0.556. The van der Waals surface area contributed by atoms with E-state index in [-0.39, 0.29) is 18.0 Å². The van der Waals surface area contributed by atoms with Gasteiger partial charge in [-0.15, -0.1) is 0 Å². The van der Waals surface area contributed by atoms with Crippen molar-refractivity contribution in [3.63, 3.8) is 0 Å². The van der Waals surface area contributed by atoms with Crippen LogP contribution in [0.25, 0.3) is 33.1 Å². The summed E-state index contributed by atoms with van der Waals surface area (Å²) in [5.41, 5.74) is 4.40. The maximum absolute atomic E-state index is 12.9. The van der Waals surface area contributed by atoms with Gasteiger partial charge in [0.1, 0.15) is 18.4 Å². The first kappa shape index (κ1) is 24.4. The molecule has 1 saturated heterocycles. The highest BCUT2D eigenvalue weighted by Crippen LogP contribution is 2.38. The van der Waals surface area contributed by atoms with Gasteiger partial charge >= 0.3 is 0 Å². The zero-order valence-electron chi connectivity index (χ0n) is 20.8. The van der Waals surface area contributed by atoms with Crippen molar-refractivity contribution in [3.8, 4) is 17.0 Å². The number of hydrogen-bond acceptors (Lipinski definition) is 7. The van der Waals surface area contributed by atoms with Gasteiger partial charge in [-0.3, -0.25) is 4.90 Å². The minimum Gasteiger partial charge on any atom is -0.475 e. The maximum Gasteiger partial charge on any atom is 0.218 e. The van der Waals surface area contributed by atoms with E-state index < -0.39 is 9.84 Å². The van der Waals surface area contributed by atoms with E-state index in [4.69, 9.17) is 14.5 Å². The monoisotopic (exact) mass is 521 g/mol. The Hall–Kier alpha value is -2.98. The lowest BCUT2D eigenvalue weighted by atomic mass is 9.99. The summed E-state index contributed by atoms with van der Waals surface area (Å²) in [5, 5.41) is 11.0. The van der Waals surface area contributed by atoms with Gasteiger partial charge < -0.3 is 19.6 Å². The molecule has 4 aromatic rings. The van der Waals surface area contributed by atoms with Crippen LogP contribution in [-0.4, -0.2) is 79.2 Å². The molecule has 0 radical (unpaired) electrons. The Morgan fingerprint density at radius 3 is 2.84 bits per heavy atom. The van der Waals surface area contributed by atoms with Crippen LogP contribution in [0.4, 0.5) is 0 Å². The Balaban J connectivity index is 1.32. The third-order valence-corrected chi connectivity index (χ3v) is 9.50. The number of aliphatic hydroxyl groups is 1. The molecule has 1 aliphatic heterocycles. The molecule has 0 bridgehead atoms. The average molecular weight is 522 g/mol. The maximum atomic E-state index is 12.9. The smallest absolute Gasteiger partial charge is 0.218 e. The van der Waals surface area contributed by atoms with Crippen LogP contribution in [0.3, 0.4) is 0 Å². The van der Waals surface area contributed by atoms with Gasteiger partial charge in [0.05, 0.1) is 23.4 Å². The zero-order valence-corrected chi connectivity index (χ0v) is 21.6. The number of aliphatic hydroxyl groups excluding tert-OH is 1. The normalized spacial score (nSPS) is 19.0. The molecule has 1 unspecified atom stereocenters. The summed E-state index contributed by atoms with van der Waals surface area (Å²) in [4.78, 5) is 10.8. The zero-order chi connectivity index (χ0) is 25.6. The molecule has 37 heavy (non-hydrogen) atoms. The number of sulfone groups is 1. The summed E-state index contributed by atoms with van der Waals surface area (Å²) >= 11 is 0. The first-order chi connectivity index (χ1) is 17.9. The molecule has 6 rings (SSSR count). The van der Waals surface area contributed by atoms with Crippen LogP contribution in [0.15, 0.2) is 53.4 Å². The van der Waals surface area contributed by atoms with Gasteiger partial charge in [-0.25, -0.2) is 8.42 Å². The molecule has 194 valence electrons. The van der Waals surface area contributed by atoms with Crippen molar-refractivity contribution >= 4 is 31.8 Å². The lowest BCUT2D eigenvalue weighted by molar-refractivity contribution is -0.0514. The molecule has 2 aliphatic rings. The van der Waals surface area contributed by atoms with Crippen LogP contribution < -0.4 is 4.74 Å². The summed E-state index contributed by atoms with van der Waals surface area (Å²) in [6.45, 7) is 5.28. The second kappa shape index (κ2) is 9.72. The number of rotatable bonds is 8. The highest BCUT2D eigenvalue weighted by molar-refractivity contribution is 7.92. The van der Waals surface area contributed by atoms with Gasteiger partial charge in [0.2, 0.25) is 5.88 Å². The second-order valence-electron chi connectivity index (χ2n) is 9.96. The molecule has 1 aliphatic carbocycles. The van der Waals surface area contributed by atoms with Crippen LogP contribution in [0.5, 0.6) is 5.88 Å². The quantitative estimate of drug-likeness (QED) is 0.364. The number of aromatic nitrogens is 2. The average Bonchev–Trinajstić information content (AvgIpc) is 3.70. The van der Waals surface area contributed by atoms with Crippen LogP contribution in [-0.2, 0) is 14.6 Å². The number of hydrogen-bond donors (Lipinski definition) is 2. The Bertz CT molecular complexity index is 1560. The van der Waals surface area contributed by atoms with Crippen molar-refractivity contribution in [2.45, 2.75) is 36.0 Å². The van der Waals surface area contributed by atoms with E-state index in [9.17, 15) is 13.5 Å². The lowest BCUT2D eigenvalue weighted by Gasteiger charge is -2.32. The molecule has 0 spiro atoms.